The van der Waals surface area contributed by atoms with Crippen molar-refractivity contribution in [3.05, 3.63) is 28.8 Å². The van der Waals surface area contributed by atoms with Gasteiger partial charge in [-0.1, -0.05) is 24.9 Å². The Bertz CT molecular complexity index is 467. The van der Waals surface area contributed by atoms with E-state index in [-0.39, 0.29) is 11.3 Å². The Morgan fingerprint density at radius 3 is 2.89 bits per heavy atom. The molecular weight excluding hydrogens is 260 g/mol. The van der Waals surface area contributed by atoms with Crippen molar-refractivity contribution in [2.75, 3.05) is 18.4 Å². The van der Waals surface area contributed by atoms with Crippen LogP contribution >= 0.6 is 11.6 Å². The molecule has 1 atom stereocenters. The summed E-state index contributed by atoms with van der Waals surface area (Å²) in [6.07, 6.45) is 2.87. The Hall–Kier alpha value is -1.06. The molecule has 4 heteroatoms. The van der Waals surface area contributed by atoms with E-state index in [1.54, 1.807) is 0 Å². The third kappa shape index (κ3) is 3.10. The van der Waals surface area contributed by atoms with Gasteiger partial charge >= 0.3 is 0 Å². The number of carbonyl (C=O) groups excluding carboxylic acids is 1. The highest BCUT2D eigenvalue weighted by Gasteiger charge is 2.40. The average Bonchev–Trinajstić information content (AvgIpc) is 2.83. The average molecular weight is 281 g/mol. The first-order valence-electron chi connectivity index (χ1n) is 6.86. The maximum Gasteiger partial charge on any atom is 0.231 e. The van der Waals surface area contributed by atoms with E-state index in [2.05, 4.69) is 17.6 Å². The number of hydrogen-bond acceptors (Lipinski definition) is 2. The zero-order valence-electron chi connectivity index (χ0n) is 11.6. The number of aryl methyl sites for hydroxylation is 1. The molecule has 2 N–H and O–H groups in total. The zero-order valence-corrected chi connectivity index (χ0v) is 12.3. The van der Waals surface area contributed by atoms with Crippen molar-refractivity contribution < 1.29 is 4.79 Å². The maximum atomic E-state index is 12.6. The van der Waals surface area contributed by atoms with Gasteiger partial charge in [0.25, 0.3) is 0 Å². The molecule has 1 unspecified atom stereocenters. The summed E-state index contributed by atoms with van der Waals surface area (Å²) in [4.78, 5) is 12.6. The van der Waals surface area contributed by atoms with Crippen LogP contribution in [0.1, 0.15) is 31.7 Å². The van der Waals surface area contributed by atoms with Crippen LogP contribution in [0.15, 0.2) is 18.2 Å². The number of benzene rings is 1. The van der Waals surface area contributed by atoms with Gasteiger partial charge < -0.3 is 10.6 Å². The van der Waals surface area contributed by atoms with Gasteiger partial charge in [0.15, 0.2) is 0 Å². The van der Waals surface area contributed by atoms with E-state index in [9.17, 15) is 4.79 Å². The van der Waals surface area contributed by atoms with E-state index < -0.39 is 0 Å². The summed E-state index contributed by atoms with van der Waals surface area (Å²) >= 11 is 5.93. The molecule has 1 aliphatic rings. The molecule has 1 heterocycles. The molecule has 0 saturated carbocycles. The highest BCUT2D eigenvalue weighted by atomic mass is 35.5. The fourth-order valence-electron chi connectivity index (χ4n) is 2.77. The molecule has 1 amide bonds. The summed E-state index contributed by atoms with van der Waals surface area (Å²) in [6.45, 7) is 5.79. The lowest BCUT2D eigenvalue weighted by Crippen LogP contribution is -2.38. The molecule has 0 bridgehead atoms. The van der Waals surface area contributed by atoms with Crippen molar-refractivity contribution in [2.45, 2.75) is 33.1 Å². The van der Waals surface area contributed by atoms with E-state index in [4.69, 9.17) is 11.6 Å². The fraction of sp³-hybridized carbons (Fsp3) is 0.533. The normalized spacial score (nSPS) is 22.5. The van der Waals surface area contributed by atoms with Crippen LogP contribution in [-0.4, -0.2) is 19.0 Å². The second kappa shape index (κ2) is 5.93. The van der Waals surface area contributed by atoms with Gasteiger partial charge in [-0.15, -0.1) is 0 Å². The molecule has 3 nitrogen and oxygen atoms in total. The number of carbonyl (C=O) groups is 1. The van der Waals surface area contributed by atoms with E-state index in [1.807, 2.05) is 25.1 Å². The lowest BCUT2D eigenvalue weighted by Gasteiger charge is -2.26. The van der Waals surface area contributed by atoms with Crippen LogP contribution < -0.4 is 10.6 Å². The number of halogens is 1. The van der Waals surface area contributed by atoms with Gasteiger partial charge in [0.1, 0.15) is 0 Å². The van der Waals surface area contributed by atoms with Gasteiger partial charge in [-0.3, -0.25) is 4.79 Å². The van der Waals surface area contributed by atoms with Gasteiger partial charge in [-0.25, -0.2) is 0 Å². The van der Waals surface area contributed by atoms with E-state index in [0.29, 0.717) is 5.02 Å². The molecule has 0 aliphatic carbocycles. The Kier molecular flexibility index (Phi) is 4.48. The molecule has 104 valence electrons. The minimum Gasteiger partial charge on any atom is -0.325 e. The summed E-state index contributed by atoms with van der Waals surface area (Å²) < 4.78 is 0. The van der Waals surface area contributed by atoms with Gasteiger partial charge in [0.05, 0.1) is 5.41 Å². The van der Waals surface area contributed by atoms with Crippen LogP contribution in [0.5, 0.6) is 0 Å². The molecule has 2 rings (SSSR count). The highest BCUT2D eigenvalue weighted by Crippen LogP contribution is 2.33. The molecule has 1 aromatic carbocycles. The summed E-state index contributed by atoms with van der Waals surface area (Å²) in [6, 6.07) is 5.55. The monoisotopic (exact) mass is 280 g/mol. The first kappa shape index (κ1) is 14.4. The number of nitrogens with one attached hydrogen (secondary N) is 2. The Morgan fingerprint density at radius 1 is 1.53 bits per heavy atom. The van der Waals surface area contributed by atoms with Crippen molar-refractivity contribution >= 4 is 23.2 Å². The number of rotatable bonds is 4. The van der Waals surface area contributed by atoms with Gasteiger partial charge in [-0.2, -0.15) is 0 Å². The maximum absolute atomic E-state index is 12.6. The molecule has 1 fully saturated rings. The Morgan fingerprint density at radius 2 is 2.32 bits per heavy atom. The van der Waals surface area contributed by atoms with Crippen molar-refractivity contribution in [1.82, 2.24) is 5.32 Å². The van der Waals surface area contributed by atoms with Gasteiger partial charge in [0.2, 0.25) is 5.91 Å². The third-order valence-electron chi connectivity index (χ3n) is 3.89. The van der Waals surface area contributed by atoms with Crippen LogP contribution in [0, 0.1) is 12.3 Å². The molecule has 0 spiro atoms. The molecule has 0 radical (unpaired) electrons. The van der Waals surface area contributed by atoms with Crippen molar-refractivity contribution in [1.29, 1.82) is 0 Å². The number of hydrogen-bond donors (Lipinski definition) is 2. The zero-order chi connectivity index (χ0) is 13.9. The molecule has 1 aromatic rings. The van der Waals surface area contributed by atoms with Crippen LogP contribution in [0.3, 0.4) is 0 Å². The van der Waals surface area contributed by atoms with Crippen molar-refractivity contribution in [2.24, 2.45) is 5.41 Å². The van der Waals surface area contributed by atoms with E-state index in [0.717, 1.165) is 43.6 Å². The lowest BCUT2D eigenvalue weighted by molar-refractivity contribution is -0.125. The predicted molar refractivity (Wildman–Crippen MR) is 79.6 cm³/mol. The van der Waals surface area contributed by atoms with E-state index >= 15 is 0 Å². The molecular formula is C15H21ClN2O. The molecule has 0 aromatic heterocycles. The largest absolute Gasteiger partial charge is 0.325 e. The predicted octanol–water partition coefficient (Wildman–Crippen LogP) is 3.37. The minimum absolute atomic E-state index is 0.129. The first-order valence-corrected chi connectivity index (χ1v) is 7.23. The number of anilines is 1. The minimum atomic E-state index is -0.249. The van der Waals surface area contributed by atoms with Crippen molar-refractivity contribution in [3.63, 3.8) is 0 Å². The summed E-state index contributed by atoms with van der Waals surface area (Å²) in [5, 5.41) is 7.07. The summed E-state index contributed by atoms with van der Waals surface area (Å²) in [5.41, 5.74) is 1.61. The SMILES string of the molecule is CCCC1(C(=O)Nc2ccc(Cl)cc2C)CCNC1. The summed E-state index contributed by atoms with van der Waals surface area (Å²) in [5.74, 6) is 0.129. The second-order valence-corrected chi connectivity index (χ2v) is 5.81. The quantitative estimate of drug-likeness (QED) is 0.888. The molecule has 1 saturated heterocycles. The standard InChI is InChI=1S/C15H21ClN2O/c1-3-6-15(7-8-17-10-15)14(19)18-13-5-4-12(16)9-11(13)2/h4-5,9,17H,3,6-8,10H2,1-2H3,(H,18,19). The van der Waals surface area contributed by atoms with Crippen LogP contribution in [-0.2, 0) is 4.79 Å². The summed E-state index contributed by atoms with van der Waals surface area (Å²) in [7, 11) is 0. The van der Waals surface area contributed by atoms with Crippen molar-refractivity contribution in [3.8, 4) is 0 Å². The van der Waals surface area contributed by atoms with Gasteiger partial charge in [-0.05, 0) is 50.1 Å². The lowest BCUT2D eigenvalue weighted by atomic mass is 9.81. The second-order valence-electron chi connectivity index (χ2n) is 5.37. The van der Waals surface area contributed by atoms with E-state index in [1.165, 1.54) is 0 Å². The molecule has 19 heavy (non-hydrogen) atoms. The topological polar surface area (TPSA) is 41.1 Å². The molecule has 1 aliphatic heterocycles. The highest BCUT2D eigenvalue weighted by molar-refractivity contribution is 6.30. The first-order chi connectivity index (χ1) is 9.07. The Labute approximate surface area is 119 Å². The van der Waals surface area contributed by atoms with Crippen LogP contribution in [0.2, 0.25) is 5.02 Å². The van der Waals surface area contributed by atoms with Crippen LogP contribution in [0.4, 0.5) is 5.69 Å². The van der Waals surface area contributed by atoms with Gasteiger partial charge in [0, 0.05) is 17.3 Å². The smallest absolute Gasteiger partial charge is 0.231 e. The fourth-order valence-corrected chi connectivity index (χ4v) is 2.99. The third-order valence-corrected chi connectivity index (χ3v) is 4.13. The Balaban J connectivity index is 2.15. The van der Waals surface area contributed by atoms with Crippen LogP contribution in [0.25, 0.3) is 0 Å². The number of amides is 1.